The van der Waals surface area contributed by atoms with E-state index in [0.29, 0.717) is 0 Å². The van der Waals surface area contributed by atoms with Crippen LogP contribution < -0.4 is 10.5 Å². The van der Waals surface area contributed by atoms with Gasteiger partial charge in [-0.25, -0.2) is 4.39 Å². The van der Waals surface area contributed by atoms with Crippen molar-refractivity contribution in [2.45, 2.75) is 44.4 Å². The Hall–Kier alpha value is -1.91. The van der Waals surface area contributed by atoms with E-state index in [9.17, 15) is 4.39 Å². The third-order valence-corrected chi connectivity index (χ3v) is 5.49. The molecule has 25 heavy (non-hydrogen) atoms. The molecule has 0 saturated carbocycles. The van der Waals surface area contributed by atoms with Crippen LogP contribution in [0.15, 0.2) is 42.5 Å². The number of piperidine rings is 1. The van der Waals surface area contributed by atoms with Gasteiger partial charge in [0.15, 0.2) is 0 Å². The molecule has 1 aliphatic carbocycles. The van der Waals surface area contributed by atoms with Crippen LogP contribution in [0.4, 0.5) is 4.39 Å². The van der Waals surface area contributed by atoms with E-state index in [0.717, 1.165) is 43.7 Å². The van der Waals surface area contributed by atoms with Gasteiger partial charge in [0, 0.05) is 12.6 Å². The highest BCUT2D eigenvalue weighted by Gasteiger charge is 2.39. The number of benzene rings is 2. The average Bonchev–Trinajstić information content (AvgIpc) is 2.96. The molecule has 3 atom stereocenters. The van der Waals surface area contributed by atoms with Crippen LogP contribution in [0.1, 0.15) is 35.6 Å². The summed E-state index contributed by atoms with van der Waals surface area (Å²) >= 11 is 0. The van der Waals surface area contributed by atoms with Gasteiger partial charge in [0.1, 0.15) is 17.7 Å². The molecule has 1 heterocycles. The van der Waals surface area contributed by atoms with Gasteiger partial charge >= 0.3 is 0 Å². The summed E-state index contributed by atoms with van der Waals surface area (Å²) in [5.74, 6) is 0.532. The van der Waals surface area contributed by atoms with Crippen LogP contribution in [0.2, 0.25) is 0 Å². The summed E-state index contributed by atoms with van der Waals surface area (Å²) in [7, 11) is 0. The van der Waals surface area contributed by atoms with Crippen molar-refractivity contribution in [1.29, 1.82) is 0 Å². The van der Waals surface area contributed by atoms with Crippen LogP contribution in [-0.4, -0.2) is 30.1 Å². The summed E-state index contributed by atoms with van der Waals surface area (Å²) in [6.45, 7) is 3.88. The first-order valence-electron chi connectivity index (χ1n) is 9.12. The summed E-state index contributed by atoms with van der Waals surface area (Å²) < 4.78 is 19.9. The Balaban J connectivity index is 1.65. The van der Waals surface area contributed by atoms with E-state index in [1.807, 2.05) is 6.92 Å². The van der Waals surface area contributed by atoms with Crippen molar-refractivity contribution in [3.63, 3.8) is 0 Å². The van der Waals surface area contributed by atoms with E-state index in [-0.39, 0.29) is 24.0 Å². The zero-order valence-electron chi connectivity index (χ0n) is 14.6. The van der Waals surface area contributed by atoms with Crippen molar-refractivity contribution in [3.05, 3.63) is 65.0 Å². The maximum absolute atomic E-state index is 13.4. The van der Waals surface area contributed by atoms with Gasteiger partial charge < -0.3 is 10.5 Å². The van der Waals surface area contributed by atoms with Crippen LogP contribution in [0, 0.1) is 12.7 Å². The largest absolute Gasteiger partial charge is 0.484 e. The standard InChI is InChI=1S/C21H25FN2O/c1-14-11-16(22)8-9-20(14)25-21-18-7-3-2-5-15(18)12-19(21)24-10-4-6-17(23)13-24/h2-3,5,7-9,11,17,19,21H,4,6,10,12-13,23H2,1H3/t17-,19-,21+/m1/s1. The number of halogens is 1. The van der Waals surface area contributed by atoms with Gasteiger partial charge in [-0.05, 0) is 67.6 Å². The average molecular weight is 340 g/mol. The summed E-state index contributed by atoms with van der Waals surface area (Å²) in [6, 6.07) is 13.8. The summed E-state index contributed by atoms with van der Waals surface area (Å²) in [6.07, 6.45) is 3.17. The number of hydrogen-bond donors (Lipinski definition) is 1. The molecule has 4 rings (SSSR count). The number of ether oxygens (including phenoxy) is 1. The highest BCUT2D eigenvalue weighted by molar-refractivity contribution is 5.39. The molecule has 0 unspecified atom stereocenters. The zero-order valence-corrected chi connectivity index (χ0v) is 14.6. The normalized spacial score (nSPS) is 26.4. The van der Waals surface area contributed by atoms with E-state index in [4.69, 9.17) is 10.5 Å². The molecule has 2 N–H and O–H groups in total. The zero-order chi connectivity index (χ0) is 17.4. The smallest absolute Gasteiger partial charge is 0.140 e. The van der Waals surface area contributed by atoms with Crippen LogP contribution in [0.3, 0.4) is 0 Å². The quantitative estimate of drug-likeness (QED) is 0.928. The number of fused-ring (bicyclic) bond motifs is 1. The molecular formula is C21H25FN2O. The lowest BCUT2D eigenvalue weighted by molar-refractivity contribution is 0.0589. The van der Waals surface area contributed by atoms with Crippen LogP contribution in [-0.2, 0) is 6.42 Å². The first-order chi connectivity index (χ1) is 12.1. The molecule has 1 saturated heterocycles. The van der Waals surface area contributed by atoms with E-state index in [2.05, 4.69) is 29.2 Å². The fraction of sp³-hybridized carbons (Fsp3) is 0.429. The molecule has 0 bridgehead atoms. The molecule has 0 amide bonds. The first kappa shape index (κ1) is 16.6. The first-order valence-corrected chi connectivity index (χ1v) is 9.12. The molecular weight excluding hydrogens is 315 g/mol. The van der Waals surface area contributed by atoms with Gasteiger partial charge in [-0.2, -0.15) is 0 Å². The van der Waals surface area contributed by atoms with Crippen molar-refractivity contribution in [3.8, 4) is 5.75 Å². The molecule has 1 fully saturated rings. The number of nitrogens with two attached hydrogens (primary N) is 1. The van der Waals surface area contributed by atoms with Crippen molar-refractivity contribution < 1.29 is 9.13 Å². The molecule has 0 aromatic heterocycles. The molecule has 0 radical (unpaired) electrons. The fourth-order valence-corrected chi connectivity index (χ4v) is 4.22. The van der Waals surface area contributed by atoms with Crippen molar-refractivity contribution in [2.24, 2.45) is 5.73 Å². The van der Waals surface area contributed by atoms with E-state index >= 15 is 0 Å². The van der Waals surface area contributed by atoms with Gasteiger partial charge in [-0.3, -0.25) is 4.90 Å². The third kappa shape index (κ3) is 3.29. The summed E-state index contributed by atoms with van der Waals surface area (Å²) in [5, 5.41) is 0. The second kappa shape index (κ2) is 6.77. The van der Waals surface area contributed by atoms with Crippen LogP contribution in [0.25, 0.3) is 0 Å². The second-order valence-electron chi connectivity index (χ2n) is 7.32. The monoisotopic (exact) mass is 340 g/mol. The minimum Gasteiger partial charge on any atom is -0.484 e. The Morgan fingerprint density at radius 2 is 2.04 bits per heavy atom. The maximum Gasteiger partial charge on any atom is 0.140 e. The predicted octanol–water partition coefficient (Wildman–Crippen LogP) is 3.60. The lowest BCUT2D eigenvalue weighted by Crippen LogP contribution is -2.49. The van der Waals surface area contributed by atoms with Gasteiger partial charge in [-0.1, -0.05) is 24.3 Å². The molecule has 2 aromatic rings. The molecule has 1 aliphatic heterocycles. The Kier molecular flexibility index (Phi) is 4.48. The van der Waals surface area contributed by atoms with Crippen molar-refractivity contribution >= 4 is 0 Å². The maximum atomic E-state index is 13.4. The van der Waals surface area contributed by atoms with E-state index < -0.39 is 0 Å². The van der Waals surface area contributed by atoms with Gasteiger partial charge in [0.05, 0.1) is 6.04 Å². The Bertz CT molecular complexity index is 763. The Morgan fingerprint density at radius 3 is 2.84 bits per heavy atom. The van der Waals surface area contributed by atoms with Gasteiger partial charge in [0.25, 0.3) is 0 Å². The number of rotatable bonds is 3. The summed E-state index contributed by atoms with van der Waals surface area (Å²) in [4.78, 5) is 2.48. The topological polar surface area (TPSA) is 38.5 Å². The van der Waals surface area contributed by atoms with E-state index in [1.54, 1.807) is 6.07 Å². The number of likely N-dealkylation sites (tertiary alicyclic amines) is 1. The van der Waals surface area contributed by atoms with Gasteiger partial charge in [0.2, 0.25) is 0 Å². The fourth-order valence-electron chi connectivity index (χ4n) is 4.22. The Morgan fingerprint density at radius 1 is 1.20 bits per heavy atom. The van der Waals surface area contributed by atoms with Crippen LogP contribution >= 0.6 is 0 Å². The minimum absolute atomic E-state index is 0.0364. The number of aryl methyl sites for hydroxylation is 1. The highest BCUT2D eigenvalue weighted by Crippen LogP contribution is 2.39. The molecule has 2 aliphatic rings. The third-order valence-electron chi connectivity index (χ3n) is 5.49. The Labute approximate surface area is 148 Å². The SMILES string of the molecule is Cc1cc(F)ccc1O[C@H]1c2ccccc2C[C@H]1N1CCC[C@@H](N)C1. The highest BCUT2D eigenvalue weighted by atomic mass is 19.1. The molecule has 3 nitrogen and oxygen atoms in total. The lowest BCUT2D eigenvalue weighted by Gasteiger charge is -2.38. The molecule has 2 aromatic carbocycles. The van der Waals surface area contributed by atoms with Gasteiger partial charge in [-0.15, -0.1) is 0 Å². The minimum atomic E-state index is -0.227. The lowest BCUT2D eigenvalue weighted by atomic mass is 10.0. The number of nitrogens with zero attached hydrogens (tertiary/aromatic N) is 1. The predicted molar refractivity (Wildman–Crippen MR) is 97.2 cm³/mol. The van der Waals surface area contributed by atoms with Crippen LogP contribution in [0.5, 0.6) is 5.75 Å². The summed E-state index contributed by atoms with van der Waals surface area (Å²) in [5.41, 5.74) is 9.63. The molecule has 4 heteroatoms. The second-order valence-corrected chi connectivity index (χ2v) is 7.32. The van der Waals surface area contributed by atoms with Crippen molar-refractivity contribution in [1.82, 2.24) is 4.90 Å². The van der Waals surface area contributed by atoms with E-state index in [1.165, 1.54) is 23.3 Å². The molecule has 132 valence electrons. The molecule has 0 spiro atoms. The number of hydrogen-bond acceptors (Lipinski definition) is 3. The van der Waals surface area contributed by atoms with Crippen molar-refractivity contribution in [2.75, 3.05) is 13.1 Å².